The number of fused-ring (bicyclic) bond motifs is 1. The second-order valence-electron chi connectivity index (χ2n) is 6.31. The van der Waals surface area contributed by atoms with Crippen LogP contribution in [0.3, 0.4) is 0 Å². The minimum Gasteiger partial charge on any atom is -0.354 e. The summed E-state index contributed by atoms with van der Waals surface area (Å²) in [5.41, 5.74) is 0.562. The molecule has 0 aliphatic carbocycles. The smallest absolute Gasteiger partial charge is 0.263 e. The van der Waals surface area contributed by atoms with Crippen LogP contribution in [0.2, 0.25) is 0 Å². The Morgan fingerprint density at radius 2 is 2.20 bits per heavy atom. The van der Waals surface area contributed by atoms with Gasteiger partial charge in [-0.1, -0.05) is 19.1 Å². The van der Waals surface area contributed by atoms with Gasteiger partial charge in [0.25, 0.3) is 10.0 Å². The van der Waals surface area contributed by atoms with Crippen molar-refractivity contribution in [2.45, 2.75) is 37.1 Å². The van der Waals surface area contributed by atoms with E-state index in [0.717, 1.165) is 19.5 Å². The largest absolute Gasteiger partial charge is 0.354 e. The number of amidine groups is 1. The molecule has 2 aliphatic heterocycles. The van der Waals surface area contributed by atoms with Crippen LogP contribution < -0.4 is 10.0 Å². The van der Waals surface area contributed by atoms with Gasteiger partial charge >= 0.3 is 0 Å². The summed E-state index contributed by atoms with van der Waals surface area (Å²) in [5, 5.41) is 2.96. The summed E-state index contributed by atoms with van der Waals surface area (Å²) < 4.78 is 26.4. The number of carbonyl (C=O) groups excluding carboxylic acids is 1. The fourth-order valence-corrected chi connectivity index (χ4v) is 4.63. The molecule has 8 heteroatoms. The van der Waals surface area contributed by atoms with Crippen molar-refractivity contribution >= 4 is 21.8 Å². The third-order valence-electron chi connectivity index (χ3n) is 4.71. The van der Waals surface area contributed by atoms with Gasteiger partial charge in [0.05, 0.1) is 11.4 Å². The second kappa shape index (κ2) is 7.53. The van der Waals surface area contributed by atoms with Crippen LogP contribution in [-0.4, -0.2) is 57.3 Å². The van der Waals surface area contributed by atoms with Crippen LogP contribution in [0, 0.1) is 0 Å². The molecule has 1 aromatic rings. The normalized spacial score (nSPS) is 23.4. The summed E-state index contributed by atoms with van der Waals surface area (Å²) in [6, 6.07) is 7.13. The van der Waals surface area contributed by atoms with E-state index in [1.165, 1.54) is 6.42 Å². The van der Waals surface area contributed by atoms with Crippen LogP contribution >= 0.6 is 0 Å². The van der Waals surface area contributed by atoms with Crippen molar-refractivity contribution in [3.05, 3.63) is 29.8 Å². The molecule has 2 N–H and O–H groups in total. The lowest BCUT2D eigenvalue weighted by Crippen LogP contribution is -2.40. The van der Waals surface area contributed by atoms with Gasteiger partial charge in [-0.2, -0.15) is 0 Å². The summed E-state index contributed by atoms with van der Waals surface area (Å²) in [6.07, 6.45) is 2.54. The number of carbonyl (C=O) groups is 1. The first-order valence-corrected chi connectivity index (χ1v) is 10.2. The molecule has 2 aliphatic rings. The van der Waals surface area contributed by atoms with Crippen LogP contribution in [0.5, 0.6) is 0 Å². The van der Waals surface area contributed by atoms with Crippen molar-refractivity contribution in [2.75, 3.05) is 26.2 Å². The van der Waals surface area contributed by atoms with Gasteiger partial charge in [-0.05, 0) is 38.1 Å². The third kappa shape index (κ3) is 4.01. The first-order chi connectivity index (χ1) is 12.0. The van der Waals surface area contributed by atoms with E-state index in [-0.39, 0.29) is 23.8 Å². The summed E-state index contributed by atoms with van der Waals surface area (Å²) in [5.74, 6) is 0.262. The van der Waals surface area contributed by atoms with Gasteiger partial charge in [0.15, 0.2) is 0 Å². The maximum atomic E-state index is 12.0. The molecule has 0 unspecified atom stereocenters. The summed E-state index contributed by atoms with van der Waals surface area (Å²) in [6.45, 7) is 5.16. The highest BCUT2D eigenvalue weighted by Crippen LogP contribution is 2.22. The zero-order valence-corrected chi connectivity index (χ0v) is 15.2. The Hall–Kier alpha value is -1.93. The van der Waals surface area contributed by atoms with Gasteiger partial charge < -0.3 is 5.32 Å². The van der Waals surface area contributed by atoms with E-state index >= 15 is 0 Å². The number of sulfonamides is 1. The number of rotatable bonds is 6. The Morgan fingerprint density at radius 3 is 3.00 bits per heavy atom. The number of nitrogens with zero attached hydrogens (tertiary/aromatic N) is 2. The second-order valence-corrected chi connectivity index (χ2v) is 7.96. The minimum absolute atomic E-state index is 0.0542. The zero-order chi connectivity index (χ0) is 17.9. The lowest BCUT2D eigenvalue weighted by Gasteiger charge is -2.22. The number of amides is 1. The van der Waals surface area contributed by atoms with Crippen molar-refractivity contribution in [1.82, 2.24) is 14.9 Å². The van der Waals surface area contributed by atoms with Crippen LogP contribution in [-0.2, 0) is 14.8 Å². The van der Waals surface area contributed by atoms with Gasteiger partial charge in [-0.25, -0.2) is 8.42 Å². The Balaban J connectivity index is 1.51. The number of likely N-dealkylation sites (tertiary alicyclic amines) is 1. The van der Waals surface area contributed by atoms with E-state index in [4.69, 9.17) is 0 Å². The van der Waals surface area contributed by atoms with Crippen molar-refractivity contribution in [2.24, 2.45) is 4.99 Å². The van der Waals surface area contributed by atoms with Crippen LogP contribution in [0.25, 0.3) is 0 Å². The molecule has 25 heavy (non-hydrogen) atoms. The molecule has 7 nitrogen and oxygen atoms in total. The first kappa shape index (κ1) is 17.9. The van der Waals surface area contributed by atoms with E-state index in [1.807, 2.05) is 0 Å². The predicted molar refractivity (Wildman–Crippen MR) is 96.1 cm³/mol. The van der Waals surface area contributed by atoms with E-state index in [0.29, 0.717) is 24.0 Å². The van der Waals surface area contributed by atoms with Gasteiger partial charge in [0.1, 0.15) is 5.84 Å². The Kier molecular flexibility index (Phi) is 5.39. The molecule has 0 bridgehead atoms. The Bertz CT molecular complexity index is 776. The monoisotopic (exact) mass is 364 g/mol. The fourth-order valence-electron chi connectivity index (χ4n) is 3.38. The van der Waals surface area contributed by atoms with E-state index in [2.05, 4.69) is 26.9 Å². The summed E-state index contributed by atoms with van der Waals surface area (Å²) in [4.78, 5) is 18.9. The van der Waals surface area contributed by atoms with E-state index in [9.17, 15) is 13.2 Å². The zero-order valence-electron chi connectivity index (χ0n) is 14.4. The molecule has 0 saturated carbocycles. The first-order valence-electron chi connectivity index (χ1n) is 8.68. The molecule has 1 saturated heterocycles. The quantitative estimate of drug-likeness (QED) is 0.778. The topological polar surface area (TPSA) is 90.9 Å². The molecule has 0 radical (unpaired) electrons. The maximum absolute atomic E-state index is 12.0. The molecular formula is C17H24N4O3S. The van der Waals surface area contributed by atoms with Crippen LogP contribution in [0.4, 0.5) is 0 Å². The molecular weight excluding hydrogens is 340 g/mol. The number of aliphatic imine (C=N–C) groups is 1. The van der Waals surface area contributed by atoms with Crippen LogP contribution in [0.15, 0.2) is 34.2 Å². The molecule has 2 heterocycles. The maximum Gasteiger partial charge on any atom is 0.263 e. The molecule has 1 aromatic carbocycles. The molecule has 1 fully saturated rings. The van der Waals surface area contributed by atoms with Crippen molar-refractivity contribution in [1.29, 1.82) is 0 Å². The molecule has 136 valence electrons. The molecule has 3 rings (SSSR count). The van der Waals surface area contributed by atoms with Gasteiger partial charge in [-0.15, -0.1) is 0 Å². The lowest BCUT2D eigenvalue weighted by molar-refractivity contribution is -0.121. The van der Waals surface area contributed by atoms with Crippen molar-refractivity contribution in [3.63, 3.8) is 0 Å². The number of likely N-dealkylation sites (N-methyl/N-ethyl adjacent to an activating group) is 1. The highest BCUT2D eigenvalue weighted by atomic mass is 32.2. The summed E-state index contributed by atoms with van der Waals surface area (Å²) in [7, 11) is -3.52. The molecule has 1 amide bonds. The number of benzene rings is 1. The predicted octanol–water partition coefficient (Wildman–Crippen LogP) is 0.716. The van der Waals surface area contributed by atoms with E-state index in [1.54, 1.807) is 24.3 Å². The lowest BCUT2D eigenvalue weighted by atomic mass is 10.2. The fraction of sp³-hybridized carbons (Fsp3) is 0.529. The van der Waals surface area contributed by atoms with Crippen molar-refractivity contribution < 1.29 is 13.2 Å². The number of hydrogen-bond acceptors (Lipinski definition) is 5. The van der Waals surface area contributed by atoms with Crippen molar-refractivity contribution in [3.8, 4) is 0 Å². The Morgan fingerprint density at radius 1 is 1.40 bits per heavy atom. The third-order valence-corrected chi connectivity index (χ3v) is 6.11. The van der Waals surface area contributed by atoms with Gasteiger partial charge in [0, 0.05) is 24.6 Å². The SMILES string of the molecule is CCN1CCC[C@H]1CNC(=O)CCN=C1NS(=O)(=O)c2ccccc21. The minimum atomic E-state index is -3.52. The van der Waals surface area contributed by atoms with Crippen LogP contribution in [0.1, 0.15) is 31.7 Å². The van der Waals surface area contributed by atoms with E-state index < -0.39 is 10.0 Å². The summed E-state index contributed by atoms with van der Waals surface area (Å²) >= 11 is 0. The molecule has 0 aromatic heterocycles. The molecule has 1 atom stereocenters. The highest BCUT2D eigenvalue weighted by molar-refractivity contribution is 7.90. The Labute approximate surface area is 148 Å². The average molecular weight is 364 g/mol. The standard InChI is InChI=1S/C17H24N4O3S/c1-2-21-11-5-6-13(21)12-19-16(22)9-10-18-17-14-7-3-4-8-15(14)25(23,24)20-17/h3-4,7-8,13H,2,5-6,9-12H2,1H3,(H,18,20)(H,19,22)/t13-/m0/s1. The highest BCUT2D eigenvalue weighted by Gasteiger charge is 2.30. The number of hydrogen-bond donors (Lipinski definition) is 2. The molecule has 0 spiro atoms. The van der Waals surface area contributed by atoms with Gasteiger partial charge in [0.2, 0.25) is 5.91 Å². The average Bonchev–Trinajstić information content (AvgIpc) is 3.16. The van der Waals surface area contributed by atoms with Gasteiger partial charge in [-0.3, -0.25) is 19.4 Å². The number of nitrogens with one attached hydrogen (secondary N) is 2.